The molecule has 10 heteroatoms. The van der Waals surface area contributed by atoms with Gasteiger partial charge in [0, 0.05) is 32.6 Å². The fourth-order valence-electron chi connectivity index (χ4n) is 4.19. The van der Waals surface area contributed by atoms with Crippen molar-refractivity contribution >= 4 is 33.3 Å². The lowest BCUT2D eigenvalue weighted by atomic mass is 10.1. The molecule has 8 nitrogen and oxygen atoms in total. The molecule has 1 fully saturated rings. The molecule has 3 heterocycles. The molecule has 1 saturated heterocycles. The number of sulfonamides is 1. The molecule has 1 N–H and O–H groups in total. The topological polar surface area (TPSA) is 95.5 Å². The Morgan fingerprint density at radius 1 is 1.23 bits per heavy atom. The summed E-state index contributed by atoms with van der Waals surface area (Å²) >= 11 is 6.15. The Morgan fingerprint density at radius 2 is 2.00 bits per heavy atom. The maximum Gasteiger partial charge on any atom is 0.244 e. The Kier molecular flexibility index (Phi) is 5.69. The number of fused-ring (bicyclic) bond motifs is 1. The van der Waals surface area contributed by atoms with E-state index in [0.717, 1.165) is 18.4 Å². The van der Waals surface area contributed by atoms with E-state index in [9.17, 15) is 13.2 Å². The van der Waals surface area contributed by atoms with Crippen LogP contribution in [0.4, 0.5) is 5.82 Å². The molecule has 160 valence electrons. The van der Waals surface area contributed by atoms with Crippen LogP contribution in [0.1, 0.15) is 42.9 Å². The maximum atomic E-state index is 13.2. The summed E-state index contributed by atoms with van der Waals surface area (Å²) in [5, 5.41) is 3.31. The molecular weight excluding hydrogens is 426 g/mol. The molecule has 1 unspecified atom stereocenters. The SMILES string of the molecule is CNc1nc(C2CCCN2C(C)=O)nc2c1CCN(S(=O)(=O)c1ccccc1Cl)C2. The van der Waals surface area contributed by atoms with Gasteiger partial charge in [-0.05, 0) is 31.4 Å². The van der Waals surface area contributed by atoms with Crippen LogP contribution < -0.4 is 5.32 Å². The second kappa shape index (κ2) is 8.13. The van der Waals surface area contributed by atoms with E-state index in [1.54, 1.807) is 37.1 Å². The predicted octanol–water partition coefficient (Wildman–Crippen LogP) is 2.60. The van der Waals surface area contributed by atoms with E-state index in [2.05, 4.69) is 10.3 Å². The monoisotopic (exact) mass is 449 g/mol. The first-order valence-corrected chi connectivity index (χ1v) is 11.7. The van der Waals surface area contributed by atoms with Crippen molar-refractivity contribution in [2.45, 2.75) is 43.7 Å². The minimum absolute atomic E-state index is 0.00671. The molecule has 1 atom stereocenters. The molecule has 0 bridgehead atoms. The molecule has 1 amide bonds. The largest absolute Gasteiger partial charge is 0.373 e. The lowest BCUT2D eigenvalue weighted by Crippen LogP contribution is -2.37. The van der Waals surface area contributed by atoms with Crippen LogP contribution in [0.25, 0.3) is 0 Å². The molecule has 2 aromatic rings. The Morgan fingerprint density at radius 3 is 2.70 bits per heavy atom. The van der Waals surface area contributed by atoms with Crippen molar-refractivity contribution in [1.29, 1.82) is 0 Å². The third kappa shape index (κ3) is 3.66. The molecule has 30 heavy (non-hydrogen) atoms. The first kappa shape index (κ1) is 21.0. The van der Waals surface area contributed by atoms with Crippen LogP contribution in [0.5, 0.6) is 0 Å². The van der Waals surface area contributed by atoms with E-state index in [1.165, 1.54) is 10.4 Å². The van der Waals surface area contributed by atoms with Crippen LogP contribution in [-0.2, 0) is 27.8 Å². The summed E-state index contributed by atoms with van der Waals surface area (Å²) in [4.78, 5) is 23.3. The number of anilines is 1. The molecule has 0 saturated carbocycles. The average molecular weight is 450 g/mol. The summed E-state index contributed by atoms with van der Waals surface area (Å²) in [5.74, 6) is 1.25. The zero-order valence-electron chi connectivity index (χ0n) is 16.9. The number of halogens is 1. The van der Waals surface area contributed by atoms with Gasteiger partial charge in [0.2, 0.25) is 15.9 Å². The Balaban J connectivity index is 1.71. The van der Waals surface area contributed by atoms with Gasteiger partial charge in [-0.3, -0.25) is 4.79 Å². The Labute approximate surface area is 181 Å². The van der Waals surface area contributed by atoms with Gasteiger partial charge in [0.05, 0.1) is 23.3 Å². The lowest BCUT2D eigenvalue weighted by molar-refractivity contribution is -0.129. The fraction of sp³-hybridized carbons (Fsp3) is 0.450. The smallest absolute Gasteiger partial charge is 0.244 e. The second-order valence-electron chi connectivity index (χ2n) is 7.50. The van der Waals surface area contributed by atoms with Crippen LogP contribution in [0.15, 0.2) is 29.2 Å². The van der Waals surface area contributed by atoms with Gasteiger partial charge >= 0.3 is 0 Å². The number of carbonyl (C=O) groups is 1. The summed E-state index contributed by atoms with van der Waals surface area (Å²) in [6, 6.07) is 6.26. The molecular formula is C20H24ClN5O3S. The van der Waals surface area contributed by atoms with Crippen molar-refractivity contribution in [2.75, 3.05) is 25.5 Å². The van der Waals surface area contributed by atoms with Crippen molar-refractivity contribution in [1.82, 2.24) is 19.2 Å². The summed E-state index contributed by atoms with van der Waals surface area (Å²) < 4.78 is 27.8. The third-order valence-corrected chi connectivity index (χ3v) is 8.04. The average Bonchev–Trinajstić information content (AvgIpc) is 3.23. The van der Waals surface area contributed by atoms with Crippen LogP contribution in [-0.4, -0.2) is 53.6 Å². The quantitative estimate of drug-likeness (QED) is 0.770. The molecule has 0 spiro atoms. The first-order valence-electron chi connectivity index (χ1n) is 9.92. The maximum absolute atomic E-state index is 13.2. The van der Waals surface area contributed by atoms with Crippen molar-refractivity contribution in [3.8, 4) is 0 Å². The zero-order valence-corrected chi connectivity index (χ0v) is 18.5. The number of likely N-dealkylation sites (tertiary alicyclic amines) is 1. The van der Waals surface area contributed by atoms with Gasteiger partial charge in [-0.25, -0.2) is 18.4 Å². The second-order valence-corrected chi connectivity index (χ2v) is 9.81. The van der Waals surface area contributed by atoms with E-state index >= 15 is 0 Å². The van der Waals surface area contributed by atoms with Crippen LogP contribution in [0, 0.1) is 0 Å². The standard InChI is InChI=1S/C20H24ClN5O3S/c1-13(27)26-10-5-7-17(26)20-23-16-12-25(11-9-14(16)19(22-2)24-20)30(28,29)18-8-4-3-6-15(18)21/h3-4,6,8,17H,5,7,9-12H2,1-2H3,(H,22,23,24). The third-order valence-electron chi connectivity index (χ3n) is 5.69. The highest BCUT2D eigenvalue weighted by molar-refractivity contribution is 7.89. The minimum atomic E-state index is -3.76. The number of hydrogen-bond acceptors (Lipinski definition) is 6. The van der Waals surface area contributed by atoms with Crippen LogP contribution >= 0.6 is 11.6 Å². The summed E-state index contributed by atoms with van der Waals surface area (Å²) in [6.45, 7) is 2.69. The number of benzene rings is 1. The summed E-state index contributed by atoms with van der Waals surface area (Å²) in [5.41, 5.74) is 1.58. The molecule has 0 radical (unpaired) electrons. The molecule has 4 rings (SSSR count). The molecule has 2 aliphatic rings. The van der Waals surface area contributed by atoms with E-state index in [4.69, 9.17) is 16.6 Å². The number of aromatic nitrogens is 2. The Bertz CT molecular complexity index is 1090. The van der Waals surface area contributed by atoms with Crippen molar-refractivity contribution in [2.24, 2.45) is 0 Å². The lowest BCUT2D eigenvalue weighted by Gasteiger charge is -2.30. The van der Waals surface area contributed by atoms with Gasteiger partial charge < -0.3 is 10.2 Å². The predicted molar refractivity (Wildman–Crippen MR) is 114 cm³/mol. The van der Waals surface area contributed by atoms with Crippen molar-refractivity contribution < 1.29 is 13.2 Å². The highest BCUT2D eigenvalue weighted by Crippen LogP contribution is 2.34. The summed E-state index contributed by atoms with van der Waals surface area (Å²) in [7, 11) is -1.97. The van der Waals surface area contributed by atoms with E-state index in [0.29, 0.717) is 36.8 Å². The highest BCUT2D eigenvalue weighted by Gasteiger charge is 2.35. The molecule has 1 aromatic carbocycles. The number of amides is 1. The molecule has 0 aliphatic carbocycles. The number of carbonyl (C=O) groups excluding carboxylic acids is 1. The van der Waals surface area contributed by atoms with Gasteiger partial charge in [-0.2, -0.15) is 4.31 Å². The first-order chi connectivity index (χ1) is 14.3. The van der Waals surface area contributed by atoms with E-state index < -0.39 is 10.0 Å². The number of rotatable bonds is 4. The number of nitrogens with zero attached hydrogens (tertiary/aromatic N) is 4. The number of nitrogens with one attached hydrogen (secondary N) is 1. The molecule has 2 aliphatic heterocycles. The van der Waals surface area contributed by atoms with Gasteiger partial charge in [0.25, 0.3) is 0 Å². The van der Waals surface area contributed by atoms with E-state index in [1.807, 2.05) is 0 Å². The van der Waals surface area contributed by atoms with Gasteiger partial charge in [-0.1, -0.05) is 23.7 Å². The highest BCUT2D eigenvalue weighted by atomic mass is 35.5. The molecule has 1 aromatic heterocycles. The zero-order chi connectivity index (χ0) is 21.5. The van der Waals surface area contributed by atoms with Crippen LogP contribution in [0.2, 0.25) is 5.02 Å². The van der Waals surface area contributed by atoms with Gasteiger partial charge in [0.1, 0.15) is 10.7 Å². The summed E-state index contributed by atoms with van der Waals surface area (Å²) in [6.07, 6.45) is 2.19. The van der Waals surface area contributed by atoms with Crippen LogP contribution in [0.3, 0.4) is 0 Å². The van der Waals surface area contributed by atoms with E-state index in [-0.39, 0.29) is 28.4 Å². The fourth-order valence-corrected chi connectivity index (χ4v) is 6.09. The Hall–Kier alpha value is -2.23. The van der Waals surface area contributed by atoms with Gasteiger partial charge in [-0.15, -0.1) is 0 Å². The van der Waals surface area contributed by atoms with Gasteiger partial charge in [0.15, 0.2) is 5.82 Å². The number of hydrogen-bond donors (Lipinski definition) is 1. The normalized spacial score (nSPS) is 19.6. The van der Waals surface area contributed by atoms with Crippen molar-refractivity contribution in [3.63, 3.8) is 0 Å². The minimum Gasteiger partial charge on any atom is -0.373 e. The van der Waals surface area contributed by atoms with Crippen molar-refractivity contribution in [3.05, 3.63) is 46.4 Å².